The van der Waals surface area contributed by atoms with Crippen LogP contribution in [0.2, 0.25) is 0 Å². The van der Waals surface area contributed by atoms with Crippen LogP contribution in [-0.2, 0) is 4.79 Å². The first-order valence-corrected chi connectivity index (χ1v) is 5.39. The van der Waals surface area contributed by atoms with Crippen molar-refractivity contribution < 1.29 is 4.79 Å². The molecule has 1 saturated heterocycles. The summed E-state index contributed by atoms with van der Waals surface area (Å²) < 4.78 is 0. The summed E-state index contributed by atoms with van der Waals surface area (Å²) in [5.41, 5.74) is 0. The van der Waals surface area contributed by atoms with Gasteiger partial charge >= 0.3 is 0 Å². The monoisotopic (exact) mass is 210 g/mol. The number of nitriles is 1. The first-order chi connectivity index (χ1) is 7.33. The van der Waals surface area contributed by atoms with Crippen LogP contribution in [-0.4, -0.2) is 50.1 Å². The van der Waals surface area contributed by atoms with Crippen molar-refractivity contribution in [2.45, 2.75) is 12.8 Å². The molecule has 0 atom stereocenters. The van der Waals surface area contributed by atoms with Crippen molar-refractivity contribution >= 4 is 5.91 Å². The van der Waals surface area contributed by atoms with E-state index in [4.69, 9.17) is 5.26 Å². The van der Waals surface area contributed by atoms with Gasteiger partial charge in [-0.05, 0) is 19.5 Å². The SMILES string of the molecule is N#CCCNC(=O)CN1CCCNCC1. The maximum Gasteiger partial charge on any atom is 0.234 e. The van der Waals surface area contributed by atoms with E-state index in [2.05, 4.69) is 15.5 Å². The molecule has 5 nitrogen and oxygen atoms in total. The van der Waals surface area contributed by atoms with Gasteiger partial charge in [-0.3, -0.25) is 9.69 Å². The summed E-state index contributed by atoms with van der Waals surface area (Å²) in [7, 11) is 0. The van der Waals surface area contributed by atoms with Crippen LogP contribution in [0.25, 0.3) is 0 Å². The molecule has 0 radical (unpaired) electrons. The Kier molecular flexibility index (Phi) is 5.74. The second-order valence-electron chi connectivity index (χ2n) is 3.64. The summed E-state index contributed by atoms with van der Waals surface area (Å²) in [6.45, 7) is 4.79. The van der Waals surface area contributed by atoms with Gasteiger partial charge in [0.2, 0.25) is 5.91 Å². The lowest BCUT2D eigenvalue weighted by atomic mass is 10.3. The van der Waals surface area contributed by atoms with Crippen molar-refractivity contribution in [2.75, 3.05) is 39.3 Å². The number of carbonyl (C=O) groups is 1. The Morgan fingerprint density at radius 2 is 2.33 bits per heavy atom. The maximum absolute atomic E-state index is 11.4. The van der Waals surface area contributed by atoms with Crippen molar-refractivity contribution in [3.63, 3.8) is 0 Å². The largest absolute Gasteiger partial charge is 0.354 e. The summed E-state index contributed by atoms with van der Waals surface area (Å²) in [5.74, 6) is 0.0205. The van der Waals surface area contributed by atoms with Crippen LogP contribution in [0.15, 0.2) is 0 Å². The molecule has 0 aromatic rings. The Hall–Kier alpha value is -1.12. The standard InChI is InChI=1S/C10H18N4O/c11-3-1-5-13-10(15)9-14-7-2-4-12-6-8-14/h12H,1-2,4-9H2,(H,13,15). The zero-order valence-electron chi connectivity index (χ0n) is 8.96. The van der Waals surface area contributed by atoms with Gasteiger partial charge in [-0.2, -0.15) is 5.26 Å². The third kappa shape index (κ3) is 5.35. The number of amides is 1. The Balaban J connectivity index is 2.15. The average molecular weight is 210 g/mol. The van der Waals surface area contributed by atoms with Gasteiger partial charge in [-0.1, -0.05) is 0 Å². The summed E-state index contributed by atoms with van der Waals surface area (Å²) in [6.07, 6.45) is 1.47. The molecule has 84 valence electrons. The third-order valence-electron chi connectivity index (χ3n) is 2.36. The van der Waals surface area contributed by atoms with E-state index >= 15 is 0 Å². The molecule has 1 fully saturated rings. The predicted octanol–water partition coefficient (Wildman–Crippen LogP) is -0.688. The van der Waals surface area contributed by atoms with E-state index in [0.29, 0.717) is 19.5 Å². The highest BCUT2D eigenvalue weighted by atomic mass is 16.2. The van der Waals surface area contributed by atoms with Gasteiger partial charge < -0.3 is 10.6 Å². The predicted molar refractivity (Wildman–Crippen MR) is 57.2 cm³/mol. The summed E-state index contributed by atoms with van der Waals surface area (Å²) >= 11 is 0. The topological polar surface area (TPSA) is 68.2 Å². The summed E-state index contributed by atoms with van der Waals surface area (Å²) in [4.78, 5) is 13.6. The summed E-state index contributed by atoms with van der Waals surface area (Å²) in [5, 5.41) is 14.3. The fourth-order valence-corrected chi connectivity index (χ4v) is 1.58. The Morgan fingerprint density at radius 1 is 1.47 bits per heavy atom. The molecule has 0 bridgehead atoms. The molecule has 1 heterocycles. The van der Waals surface area contributed by atoms with Crippen molar-refractivity contribution in [2.24, 2.45) is 0 Å². The van der Waals surface area contributed by atoms with Gasteiger partial charge in [-0.25, -0.2) is 0 Å². The Morgan fingerprint density at radius 3 is 3.13 bits per heavy atom. The van der Waals surface area contributed by atoms with Gasteiger partial charge in [-0.15, -0.1) is 0 Å². The van der Waals surface area contributed by atoms with Crippen molar-refractivity contribution in [1.29, 1.82) is 5.26 Å². The van der Waals surface area contributed by atoms with E-state index < -0.39 is 0 Å². The molecule has 1 amide bonds. The van der Waals surface area contributed by atoms with Crippen LogP contribution < -0.4 is 10.6 Å². The average Bonchev–Trinajstić information content (AvgIpc) is 2.47. The van der Waals surface area contributed by atoms with Gasteiger partial charge in [0.15, 0.2) is 0 Å². The number of rotatable bonds is 4. The van der Waals surface area contributed by atoms with Crippen LogP contribution >= 0.6 is 0 Å². The highest BCUT2D eigenvalue weighted by Gasteiger charge is 2.11. The number of nitrogens with zero attached hydrogens (tertiary/aromatic N) is 2. The number of hydrogen-bond acceptors (Lipinski definition) is 4. The minimum absolute atomic E-state index is 0.0205. The Labute approximate surface area is 90.4 Å². The lowest BCUT2D eigenvalue weighted by Gasteiger charge is -2.18. The normalized spacial score (nSPS) is 17.8. The molecular formula is C10H18N4O. The van der Waals surface area contributed by atoms with Gasteiger partial charge in [0.05, 0.1) is 19.0 Å². The molecular weight excluding hydrogens is 192 g/mol. The van der Waals surface area contributed by atoms with Gasteiger partial charge in [0.25, 0.3) is 0 Å². The molecule has 0 saturated carbocycles. The van der Waals surface area contributed by atoms with E-state index in [1.807, 2.05) is 6.07 Å². The fraction of sp³-hybridized carbons (Fsp3) is 0.800. The second-order valence-corrected chi connectivity index (χ2v) is 3.64. The molecule has 0 aliphatic carbocycles. The van der Waals surface area contributed by atoms with Gasteiger partial charge in [0.1, 0.15) is 0 Å². The first kappa shape index (κ1) is 12.0. The van der Waals surface area contributed by atoms with E-state index in [1.54, 1.807) is 0 Å². The minimum atomic E-state index is 0.0205. The van der Waals surface area contributed by atoms with Crippen LogP contribution in [0, 0.1) is 11.3 Å². The van der Waals surface area contributed by atoms with Crippen LogP contribution in [0.3, 0.4) is 0 Å². The van der Waals surface area contributed by atoms with Crippen LogP contribution in [0.1, 0.15) is 12.8 Å². The minimum Gasteiger partial charge on any atom is -0.354 e. The van der Waals surface area contributed by atoms with Crippen LogP contribution in [0.4, 0.5) is 0 Å². The molecule has 0 aromatic carbocycles. The zero-order valence-corrected chi connectivity index (χ0v) is 8.96. The van der Waals surface area contributed by atoms with Crippen molar-refractivity contribution in [1.82, 2.24) is 15.5 Å². The first-order valence-electron chi connectivity index (χ1n) is 5.39. The maximum atomic E-state index is 11.4. The van der Waals surface area contributed by atoms with E-state index in [0.717, 1.165) is 32.6 Å². The van der Waals surface area contributed by atoms with E-state index in [1.165, 1.54) is 0 Å². The highest BCUT2D eigenvalue weighted by molar-refractivity contribution is 5.77. The molecule has 1 aliphatic rings. The molecule has 0 unspecified atom stereocenters. The van der Waals surface area contributed by atoms with Crippen LogP contribution in [0.5, 0.6) is 0 Å². The van der Waals surface area contributed by atoms with Crippen molar-refractivity contribution in [3.05, 3.63) is 0 Å². The molecule has 5 heteroatoms. The second kappa shape index (κ2) is 7.21. The van der Waals surface area contributed by atoms with Gasteiger partial charge in [0, 0.05) is 19.6 Å². The molecule has 0 aromatic heterocycles. The Bertz CT molecular complexity index is 228. The third-order valence-corrected chi connectivity index (χ3v) is 2.36. The zero-order chi connectivity index (χ0) is 10.9. The molecule has 0 spiro atoms. The van der Waals surface area contributed by atoms with E-state index in [9.17, 15) is 4.79 Å². The smallest absolute Gasteiger partial charge is 0.234 e. The lowest BCUT2D eigenvalue weighted by Crippen LogP contribution is -2.39. The fourth-order valence-electron chi connectivity index (χ4n) is 1.58. The van der Waals surface area contributed by atoms with E-state index in [-0.39, 0.29) is 5.91 Å². The van der Waals surface area contributed by atoms with Crippen molar-refractivity contribution in [3.8, 4) is 6.07 Å². The highest BCUT2D eigenvalue weighted by Crippen LogP contribution is 1.94. The number of carbonyl (C=O) groups excluding carboxylic acids is 1. The lowest BCUT2D eigenvalue weighted by molar-refractivity contribution is -0.122. The molecule has 2 N–H and O–H groups in total. The molecule has 15 heavy (non-hydrogen) atoms. The number of nitrogens with one attached hydrogen (secondary N) is 2. The quantitative estimate of drug-likeness (QED) is 0.603. The molecule has 1 aliphatic heterocycles. The number of hydrogen-bond donors (Lipinski definition) is 2. The summed E-state index contributed by atoms with van der Waals surface area (Å²) in [6, 6.07) is 2.00. The molecule has 1 rings (SSSR count).